The highest BCUT2D eigenvalue weighted by Gasteiger charge is 2.12. The van der Waals surface area contributed by atoms with Crippen LogP contribution in [0.1, 0.15) is 21.5 Å². The number of rotatable bonds is 5. The van der Waals surface area contributed by atoms with Crippen molar-refractivity contribution in [1.29, 1.82) is 0 Å². The normalized spacial score (nSPS) is 10.9. The molecule has 0 unspecified atom stereocenters. The maximum absolute atomic E-state index is 12.8. The maximum atomic E-state index is 12.8. The van der Waals surface area contributed by atoms with Crippen molar-refractivity contribution in [2.45, 2.75) is 13.3 Å². The molecule has 28 heavy (non-hydrogen) atoms. The molecule has 0 saturated heterocycles. The number of aromatic nitrogens is 1. The first-order chi connectivity index (χ1) is 13.6. The molecule has 4 aromatic rings. The second-order valence-electron chi connectivity index (χ2n) is 6.92. The van der Waals surface area contributed by atoms with E-state index in [2.05, 4.69) is 29.4 Å². The summed E-state index contributed by atoms with van der Waals surface area (Å²) in [7, 11) is 0. The Kier molecular flexibility index (Phi) is 5.18. The summed E-state index contributed by atoms with van der Waals surface area (Å²) >= 11 is 6.12. The summed E-state index contributed by atoms with van der Waals surface area (Å²) in [6, 6.07) is 21.7. The predicted octanol–water partition coefficient (Wildman–Crippen LogP) is 5.77. The molecule has 140 valence electrons. The minimum atomic E-state index is -0.0602. The van der Waals surface area contributed by atoms with Crippen LogP contribution in [0, 0.1) is 6.92 Å². The highest BCUT2D eigenvalue weighted by Crippen LogP contribution is 2.25. The molecule has 0 aliphatic heterocycles. The van der Waals surface area contributed by atoms with E-state index in [1.165, 1.54) is 5.56 Å². The number of halogens is 1. The van der Waals surface area contributed by atoms with Crippen LogP contribution in [0.5, 0.6) is 0 Å². The van der Waals surface area contributed by atoms with Crippen LogP contribution in [0.3, 0.4) is 0 Å². The Morgan fingerprint density at radius 3 is 2.75 bits per heavy atom. The molecule has 0 aliphatic carbocycles. The monoisotopic (exact) mass is 388 g/mol. The molecule has 3 aromatic carbocycles. The summed E-state index contributed by atoms with van der Waals surface area (Å²) in [5.41, 5.74) is 6.06. The van der Waals surface area contributed by atoms with Gasteiger partial charge in [-0.15, -0.1) is 0 Å². The molecule has 0 aliphatic rings. The Hall–Kier alpha value is -3.04. The molecule has 0 bridgehead atoms. The first kappa shape index (κ1) is 18.3. The van der Waals surface area contributed by atoms with Gasteiger partial charge >= 0.3 is 0 Å². The van der Waals surface area contributed by atoms with Crippen LogP contribution in [0.25, 0.3) is 22.0 Å². The van der Waals surface area contributed by atoms with Crippen molar-refractivity contribution in [3.63, 3.8) is 0 Å². The number of benzene rings is 3. The maximum Gasteiger partial charge on any atom is 0.251 e. The number of fused-ring (bicyclic) bond motifs is 1. The third-order valence-electron chi connectivity index (χ3n) is 4.91. The fourth-order valence-electron chi connectivity index (χ4n) is 3.51. The van der Waals surface area contributed by atoms with E-state index in [1.54, 1.807) is 0 Å². The highest BCUT2D eigenvalue weighted by atomic mass is 35.5. The predicted molar refractivity (Wildman–Crippen MR) is 116 cm³/mol. The molecule has 2 N–H and O–H groups in total. The molecule has 0 atom stereocenters. The van der Waals surface area contributed by atoms with Crippen LogP contribution in [-0.4, -0.2) is 17.4 Å². The molecule has 1 amide bonds. The second kappa shape index (κ2) is 7.91. The summed E-state index contributed by atoms with van der Waals surface area (Å²) < 4.78 is 0. The zero-order chi connectivity index (χ0) is 19.5. The number of aryl methyl sites for hydroxylation is 1. The SMILES string of the molecule is Cc1cccc(-c2ccccc2C(=O)NCCc2c[nH]c3ccc(Cl)cc23)c1. The van der Waals surface area contributed by atoms with Gasteiger partial charge in [-0.1, -0.05) is 59.6 Å². The van der Waals surface area contributed by atoms with Gasteiger partial charge in [0.25, 0.3) is 5.91 Å². The van der Waals surface area contributed by atoms with E-state index in [0.717, 1.165) is 34.0 Å². The van der Waals surface area contributed by atoms with E-state index >= 15 is 0 Å². The molecule has 3 nitrogen and oxygen atoms in total. The van der Waals surface area contributed by atoms with E-state index in [9.17, 15) is 4.79 Å². The lowest BCUT2D eigenvalue weighted by atomic mass is 9.98. The molecule has 4 rings (SSSR count). The average Bonchev–Trinajstić information content (AvgIpc) is 3.10. The summed E-state index contributed by atoms with van der Waals surface area (Å²) in [6.45, 7) is 2.61. The van der Waals surface area contributed by atoms with Gasteiger partial charge in [0.05, 0.1) is 0 Å². The zero-order valence-electron chi connectivity index (χ0n) is 15.6. The first-order valence-electron chi connectivity index (χ1n) is 9.31. The zero-order valence-corrected chi connectivity index (χ0v) is 16.4. The van der Waals surface area contributed by atoms with Crippen molar-refractivity contribution < 1.29 is 4.79 Å². The fraction of sp³-hybridized carbons (Fsp3) is 0.125. The summed E-state index contributed by atoms with van der Waals surface area (Å²) in [5.74, 6) is -0.0602. The van der Waals surface area contributed by atoms with Crippen molar-refractivity contribution >= 4 is 28.4 Å². The molecule has 4 heteroatoms. The average molecular weight is 389 g/mol. The number of carbonyl (C=O) groups excluding carboxylic acids is 1. The standard InChI is InChI=1S/C24H21ClN2O/c1-16-5-4-6-17(13-16)20-7-2-3-8-21(20)24(28)26-12-11-18-15-27-23-10-9-19(25)14-22(18)23/h2-10,13-15,27H,11-12H2,1H3,(H,26,28). The summed E-state index contributed by atoms with van der Waals surface area (Å²) in [4.78, 5) is 16.1. The van der Waals surface area contributed by atoms with Gasteiger partial charge in [0, 0.05) is 34.2 Å². The molecule has 0 spiro atoms. The Labute approximate surface area is 169 Å². The van der Waals surface area contributed by atoms with E-state index in [4.69, 9.17) is 11.6 Å². The van der Waals surface area contributed by atoms with E-state index in [1.807, 2.05) is 60.8 Å². The van der Waals surface area contributed by atoms with Crippen molar-refractivity contribution in [3.05, 3.63) is 94.6 Å². The number of aromatic amines is 1. The largest absolute Gasteiger partial charge is 0.361 e. The molecular weight excluding hydrogens is 368 g/mol. The molecule has 0 radical (unpaired) electrons. The molecule has 1 heterocycles. The number of H-pyrrole nitrogens is 1. The van der Waals surface area contributed by atoms with Gasteiger partial charge in [0.15, 0.2) is 0 Å². The second-order valence-corrected chi connectivity index (χ2v) is 7.36. The molecule has 1 aromatic heterocycles. The van der Waals surface area contributed by atoms with E-state index in [0.29, 0.717) is 17.1 Å². The Bertz CT molecular complexity index is 1150. The van der Waals surface area contributed by atoms with Crippen LogP contribution in [0.2, 0.25) is 5.02 Å². The van der Waals surface area contributed by atoms with Crippen LogP contribution in [-0.2, 0) is 6.42 Å². The van der Waals surface area contributed by atoms with E-state index < -0.39 is 0 Å². The lowest BCUT2D eigenvalue weighted by Gasteiger charge is -2.11. The number of amides is 1. The minimum Gasteiger partial charge on any atom is -0.361 e. The minimum absolute atomic E-state index is 0.0602. The number of carbonyl (C=O) groups is 1. The smallest absolute Gasteiger partial charge is 0.251 e. The van der Waals surface area contributed by atoms with Gasteiger partial charge in [-0.2, -0.15) is 0 Å². The number of hydrogen-bond donors (Lipinski definition) is 2. The topological polar surface area (TPSA) is 44.9 Å². The van der Waals surface area contributed by atoms with Crippen LogP contribution >= 0.6 is 11.6 Å². The van der Waals surface area contributed by atoms with Crippen LogP contribution in [0.15, 0.2) is 72.9 Å². The third-order valence-corrected chi connectivity index (χ3v) is 5.15. The first-order valence-corrected chi connectivity index (χ1v) is 9.69. The quantitative estimate of drug-likeness (QED) is 0.448. The number of nitrogens with one attached hydrogen (secondary N) is 2. The summed E-state index contributed by atoms with van der Waals surface area (Å²) in [6.07, 6.45) is 2.71. The Balaban J connectivity index is 1.49. The number of hydrogen-bond acceptors (Lipinski definition) is 1. The van der Waals surface area contributed by atoms with Gasteiger partial charge in [-0.05, 0) is 54.3 Å². The van der Waals surface area contributed by atoms with Crippen molar-refractivity contribution in [3.8, 4) is 11.1 Å². The van der Waals surface area contributed by atoms with Gasteiger partial charge in [-0.3, -0.25) is 4.79 Å². The lowest BCUT2D eigenvalue weighted by Crippen LogP contribution is -2.26. The fourth-order valence-corrected chi connectivity index (χ4v) is 3.68. The van der Waals surface area contributed by atoms with Crippen molar-refractivity contribution in [1.82, 2.24) is 10.3 Å². The lowest BCUT2D eigenvalue weighted by molar-refractivity contribution is 0.0955. The molecule has 0 fully saturated rings. The van der Waals surface area contributed by atoms with Gasteiger partial charge in [-0.25, -0.2) is 0 Å². The Morgan fingerprint density at radius 1 is 1.04 bits per heavy atom. The van der Waals surface area contributed by atoms with Crippen LogP contribution < -0.4 is 5.32 Å². The van der Waals surface area contributed by atoms with Gasteiger partial charge in [0.1, 0.15) is 0 Å². The van der Waals surface area contributed by atoms with Crippen molar-refractivity contribution in [2.24, 2.45) is 0 Å². The highest BCUT2D eigenvalue weighted by molar-refractivity contribution is 6.31. The Morgan fingerprint density at radius 2 is 1.89 bits per heavy atom. The van der Waals surface area contributed by atoms with Gasteiger partial charge in [0.2, 0.25) is 0 Å². The van der Waals surface area contributed by atoms with Gasteiger partial charge < -0.3 is 10.3 Å². The summed E-state index contributed by atoms with van der Waals surface area (Å²) in [5, 5.41) is 4.87. The van der Waals surface area contributed by atoms with Crippen LogP contribution in [0.4, 0.5) is 0 Å². The molecule has 0 saturated carbocycles. The van der Waals surface area contributed by atoms with Crippen molar-refractivity contribution in [2.75, 3.05) is 6.54 Å². The third kappa shape index (κ3) is 3.80. The molecular formula is C24H21ClN2O. The van der Waals surface area contributed by atoms with E-state index in [-0.39, 0.29) is 5.91 Å².